The van der Waals surface area contributed by atoms with Crippen LogP contribution < -0.4 is 5.32 Å². The van der Waals surface area contributed by atoms with Gasteiger partial charge in [0.15, 0.2) is 0 Å². The van der Waals surface area contributed by atoms with Crippen LogP contribution in [0.2, 0.25) is 5.02 Å². The van der Waals surface area contributed by atoms with Crippen LogP contribution in [0.3, 0.4) is 0 Å². The van der Waals surface area contributed by atoms with Crippen LogP contribution in [0.5, 0.6) is 0 Å². The predicted molar refractivity (Wildman–Crippen MR) is 67.5 cm³/mol. The molecule has 0 spiro atoms. The highest BCUT2D eigenvalue weighted by molar-refractivity contribution is 6.31. The second-order valence-electron chi connectivity index (χ2n) is 3.75. The number of benzene rings is 1. The minimum atomic E-state index is -0.811. The highest BCUT2D eigenvalue weighted by Gasteiger charge is 2.17. The lowest BCUT2D eigenvalue weighted by Gasteiger charge is -2.07. The molecule has 1 rings (SSSR count). The third-order valence-corrected chi connectivity index (χ3v) is 2.68. The summed E-state index contributed by atoms with van der Waals surface area (Å²) in [6.45, 7) is 0.630. The summed E-state index contributed by atoms with van der Waals surface area (Å²) in [5.41, 5.74) is -0.130. The number of anilines is 1. The van der Waals surface area contributed by atoms with Gasteiger partial charge in [-0.2, -0.15) is 0 Å². The number of nitro benzene ring substituents is 1. The molecule has 18 heavy (non-hydrogen) atoms. The summed E-state index contributed by atoms with van der Waals surface area (Å²) >= 11 is 5.58. The molecule has 1 aromatic carbocycles. The van der Waals surface area contributed by atoms with E-state index in [1.54, 1.807) is 0 Å². The number of unbranched alkanes of at least 4 members (excludes halogenated alkanes) is 2. The van der Waals surface area contributed by atoms with Gasteiger partial charge in [0, 0.05) is 13.2 Å². The Morgan fingerprint density at radius 1 is 1.39 bits per heavy atom. The summed E-state index contributed by atoms with van der Waals surface area (Å²) in [4.78, 5) is 10.1. The Morgan fingerprint density at radius 3 is 2.72 bits per heavy atom. The van der Waals surface area contributed by atoms with E-state index in [9.17, 15) is 14.5 Å². The van der Waals surface area contributed by atoms with Crippen LogP contribution in [-0.2, 0) is 0 Å². The first kappa shape index (κ1) is 14.7. The number of aliphatic hydroxyl groups excluding tert-OH is 1. The quantitative estimate of drug-likeness (QED) is 0.456. The van der Waals surface area contributed by atoms with E-state index < -0.39 is 10.7 Å². The lowest BCUT2D eigenvalue weighted by molar-refractivity contribution is -0.384. The molecule has 0 aliphatic rings. The van der Waals surface area contributed by atoms with E-state index in [0.717, 1.165) is 18.9 Å². The number of hydrogen-bond acceptors (Lipinski definition) is 4. The molecule has 100 valence electrons. The number of rotatable bonds is 7. The Bertz CT molecular complexity index is 429. The molecule has 1 aromatic rings. The zero-order valence-corrected chi connectivity index (χ0v) is 10.4. The van der Waals surface area contributed by atoms with Gasteiger partial charge in [-0.1, -0.05) is 11.6 Å². The zero-order chi connectivity index (χ0) is 13.5. The van der Waals surface area contributed by atoms with E-state index in [0.29, 0.717) is 13.0 Å². The molecule has 0 unspecified atom stereocenters. The summed E-state index contributed by atoms with van der Waals surface area (Å²) < 4.78 is 13.1. The lowest BCUT2D eigenvalue weighted by atomic mass is 10.2. The average Bonchev–Trinajstić information content (AvgIpc) is 2.32. The van der Waals surface area contributed by atoms with Crippen LogP contribution in [0.15, 0.2) is 12.1 Å². The van der Waals surface area contributed by atoms with Crippen LogP contribution >= 0.6 is 11.6 Å². The van der Waals surface area contributed by atoms with Crippen LogP contribution in [0, 0.1) is 15.9 Å². The van der Waals surface area contributed by atoms with Gasteiger partial charge in [0.2, 0.25) is 0 Å². The second kappa shape index (κ2) is 7.13. The maximum absolute atomic E-state index is 13.1. The number of halogens is 2. The normalized spacial score (nSPS) is 10.4. The monoisotopic (exact) mass is 276 g/mol. The maximum atomic E-state index is 13.1. The Labute approximate surface area is 109 Å². The molecule has 0 radical (unpaired) electrons. The minimum Gasteiger partial charge on any atom is -0.396 e. The summed E-state index contributed by atoms with van der Waals surface area (Å²) in [5.74, 6) is -0.811. The van der Waals surface area contributed by atoms with Gasteiger partial charge in [0.05, 0.1) is 16.0 Å². The molecule has 0 fully saturated rings. The molecule has 0 atom stereocenters. The van der Waals surface area contributed by atoms with Crippen molar-refractivity contribution in [2.24, 2.45) is 0 Å². The molecular formula is C11H14ClFN2O3. The van der Waals surface area contributed by atoms with Gasteiger partial charge in [-0.05, 0) is 25.3 Å². The van der Waals surface area contributed by atoms with E-state index in [1.807, 2.05) is 0 Å². The topological polar surface area (TPSA) is 75.4 Å². The SMILES string of the molecule is O=[N+]([O-])c1cc(F)c(Cl)cc1NCCCCCO. The first-order chi connectivity index (χ1) is 8.56. The van der Waals surface area contributed by atoms with Crippen molar-refractivity contribution in [2.45, 2.75) is 19.3 Å². The number of nitrogens with one attached hydrogen (secondary N) is 1. The van der Waals surface area contributed by atoms with E-state index in [2.05, 4.69) is 5.32 Å². The molecule has 0 heterocycles. The molecule has 0 bridgehead atoms. The molecule has 0 aromatic heterocycles. The van der Waals surface area contributed by atoms with E-state index >= 15 is 0 Å². The zero-order valence-electron chi connectivity index (χ0n) is 9.66. The van der Waals surface area contributed by atoms with E-state index in [-0.39, 0.29) is 23.0 Å². The Morgan fingerprint density at radius 2 is 2.11 bits per heavy atom. The Balaban J connectivity index is 2.68. The fourth-order valence-electron chi connectivity index (χ4n) is 1.47. The van der Waals surface area contributed by atoms with Gasteiger partial charge in [-0.3, -0.25) is 10.1 Å². The average molecular weight is 277 g/mol. The molecule has 0 saturated carbocycles. The second-order valence-corrected chi connectivity index (χ2v) is 4.16. The van der Waals surface area contributed by atoms with Gasteiger partial charge in [-0.25, -0.2) is 4.39 Å². The van der Waals surface area contributed by atoms with Crippen LogP contribution in [0.1, 0.15) is 19.3 Å². The molecule has 0 saturated heterocycles. The summed E-state index contributed by atoms with van der Waals surface area (Å²) in [7, 11) is 0. The van der Waals surface area contributed by atoms with E-state index in [4.69, 9.17) is 16.7 Å². The fourth-order valence-corrected chi connectivity index (χ4v) is 1.63. The van der Waals surface area contributed by atoms with Gasteiger partial charge < -0.3 is 10.4 Å². The van der Waals surface area contributed by atoms with Crippen molar-refractivity contribution in [1.82, 2.24) is 0 Å². The summed E-state index contributed by atoms with van der Waals surface area (Å²) in [6, 6.07) is 2.01. The fraction of sp³-hybridized carbons (Fsp3) is 0.455. The van der Waals surface area contributed by atoms with Crippen LogP contribution in [0.4, 0.5) is 15.8 Å². The van der Waals surface area contributed by atoms with Crippen LogP contribution in [0.25, 0.3) is 0 Å². The van der Waals surface area contributed by atoms with Gasteiger partial charge >= 0.3 is 0 Å². The maximum Gasteiger partial charge on any atom is 0.295 e. The summed E-state index contributed by atoms with van der Waals surface area (Å²) in [6.07, 6.45) is 2.26. The predicted octanol–water partition coefficient (Wildman–Crippen LogP) is 2.96. The molecular weight excluding hydrogens is 263 g/mol. The smallest absolute Gasteiger partial charge is 0.295 e. The number of aliphatic hydroxyl groups is 1. The van der Waals surface area contributed by atoms with Crippen molar-refractivity contribution in [3.05, 3.63) is 33.1 Å². The van der Waals surface area contributed by atoms with Crippen molar-refractivity contribution in [3.8, 4) is 0 Å². The number of nitrogens with zero attached hydrogens (tertiary/aromatic N) is 1. The largest absolute Gasteiger partial charge is 0.396 e. The van der Waals surface area contributed by atoms with Crippen LogP contribution in [-0.4, -0.2) is 23.2 Å². The third kappa shape index (κ3) is 4.12. The van der Waals surface area contributed by atoms with Gasteiger partial charge in [0.25, 0.3) is 5.69 Å². The first-order valence-electron chi connectivity index (χ1n) is 5.54. The van der Waals surface area contributed by atoms with Crippen molar-refractivity contribution in [3.63, 3.8) is 0 Å². The minimum absolute atomic E-state index is 0.128. The molecule has 2 N–H and O–H groups in total. The van der Waals surface area contributed by atoms with Crippen molar-refractivity contribution < 1.29 is 14.4 Å². The number of hydrogen-bond donors (Lipinski definition) is 2. The van der Waals surface area contributed by atoms with Gasteiger partial charge in [0.1, 0.15) is 11.5 Å². The van der Waals surface area contributed by atoms with Crippen molar-refractivity contribution >= 4 is 23.0 Å². The highest BCUT2D eigenvalue weighted by atomic mass is 35.5. The third-order valence-electron chi connectivity index (χ3n) is 2.39. The summed E-state index contributed by atoms with van der Waals surface area (Å²) in [5, 5.41) is 22.0. The van der Waals surface area contributed by atoms with Crippen molar-refractivity contribution in [1.29, 1.82) is 0 Å². The molecule has 0 aliphatic carbocycles. The van der Waals surface area contributed by atoms with Gasteiger partial charge in [-0.15, -0.1) is 0 Å². The molecule has 7 heteroatoms. The molecule has 0 aliphatic heterocycles. The standard InChI is InChI=1S/C11H14ClFN2O3/c12-8-6-10(14-4-2-1-3-5-16)11(15(17)18)7-9(8)13/h6-7,14,16H,1-5H2. The highest BCUT2D eigenvalue weighted by Crippen LogP contribution is 2.30. The lowest BCUT2D eigenvalue weighted by Crippen LogP contribution is -2.05. The Kier molecular flexibility index (Phi) is 5.80. The molecule has 5 nitrogen and oxygen atoms in total. The molecule has 0 amide bonds. The van der Waals surface area contributed by atoms with Crippen molar-refractivity contribution in [2.75, 3.05) is 18.5 Å². The number of nitro groups is 1. The van der Waals surface area contributed by atoms with E-state index in [1.165, 1.54) is 6.07 Å². The Hall–Kier alpha value is -1.40. The first-order valence-corrected chi connectivity index (χ1v) is 5.92.